The van der Waals surface area contributed by atoms with E-state index >= 15 is 0 Å². The molecule has 5 heteroatoms. The predicted octanol–water partition coefficient (Wildman–Crippen LogP) is 2.86. The second-order valence-corrected chi connectivity index (χ2v) is 7.63. The van der Waals surface area contributed by atoms with E-state index in [1.807, 2.05) is 6.92 Å². The van der Waals surface area contributed by atoms with Gasteiger partial charge < -0.3 is 14.2 Å². The van der Waals surface area contributed by atoms with Gasteiger partial charge in [0.25, 0.3) is 0 Å². The quantitative estimate of drug-likeness (QED) is 0.747. The van der Waals surface area contributed by atoms with Crippen LogP contribution < -0.4 is 0 Å². The molecule has 3 fully saturated rings. The maximum absolute atomic E-state index is 12.8. The van der Waals surface area contributed by atoms with Crippen LogP contribution in [0.1, 0.15) is 59.3 Å². The molecule has 1 heterocycles. The lowest BCUT2D eigenvalue weighted by molar-refractivity contribution is -0.286. The molecule has 0 aromatic carbocycles. The van der Waals surface area contributed by atoms with Crippen molar-refractivity contribution < 1.29 is 23.8 Å². The summed E-state index contributed by atoms with van der Waals surface area (Å²) in [6, 6.07) is 0. The number of Topliss-reactive ketones (excluding diaryl/α,β-unsaturated/α-hetero) is 1. The highest BCUT2D eigenvalue weighted by molar-refractivity contribution is 5.90. The summed E-state index contributed by atoms with van der Waals surface area (Å²) in [5.74, 6) is -0.580. The Morgan fingerprint density at radius 1 is 1.26 bits per heavy atom. The molecule has 0 bridgehead atoms. The molecule has 0 amide bonds. The van der Waals surface area contributed by atoms with Crippen molar-refractivity contribution in [3.63, 3.8) is 0 Å². The minimum absolute atomic E-state index is 0.0903. The summed E-state index contributed by atoms with van der Waals surface area (Å²) in [5.41, 5.74) is -0.904. The first kappa shape index (κ1) is 16.9. The van der Waals surface area contributed by atoms with Crippen molar-refractivity contribution in [2.45, 2.75) is 65.1 Å². The molecule has 130 valence electrons. The zero-order valence-electron chi connectivity index (χ0n) is 14.5. The van der Waals surface area contributed by atoms with Crippen molar-refractivity contribution in [3.05, 3.63) is 0 Å². The monoisotopic (exact) mass is 324 g/mol. The van der Waals surface area contributed by atoms with E-state index in [-0.39, 0.29) is 29.5 Å². The fraction of sp³-hybridized carbons (Fsp3) is 0.889. The molecule has 3 aliphatic rings. The fourth-order valence-corrected chi connectivity index (χ4v) is 5.31. The van der Waals surface area contributed by atoms with Gasteiger partial charge in [0.05, 0.1) is 26.2 Å². The minimum Gasteiger partial charge on any atom is -0.466 e. The number of carbonyl (C=O) groups is 2. The lowest BCUT2D eigenvalue weighted by atomic mass is 9.48. The number of ketones is 1. The predicted molar refractivity (Wildman–Crippen MR) is 83.7 cm³/mol. The van der Waals surface area contributed by atoms with Crippen LogP contribution in [-0.2, 0) is 23.8 Å². The molecule has 1 aliphatic heterocycles. The topological polar surface area (TPSA) is 61.8 Å². The summed E-state index contributed by atoms with van der Waals surface area (Å²) < 4.78 is 17.3. The van der Waals surface area contributed by atoms with Crippen molar-refractivity contribution in [1.29, 1.82) is 0 Å². The molecule has 3 atom stereocenters. The molecule has 0 aromatic heterocycles. The normalized spacial score (nSPS) is 39.3. The number of rotatable bonds is 3. The molecular weight excluding hydrogens is 296 g/mol. The van der Waals surface area contributed by atoms with E-state index in [1.165, 1.54) is 0 Å². The summed E-state index contributed by atoms with van der Waals surface area (Å²) in [5, 5.41) is 0. The Balaban J connectivity index is 1.94. The van der Waals surface area contributed by atoms with Crippen molar-refractivity contribution in [2.75, 3.05) is 19.8 Å². The average Bonchev–Trinajstić information content (AvgIpc) is 2.97. The maximum atomic E-state index is 12.8. The van der Waals surface area contributed by atoms with Crippen LogP contribution in [0.5, 0.6) is 0 Å². The van der Waals surface area contributed by atoms with Gasteiger partial charge in [-0.2, -0.15) is 0 Å². The number of fused-ring (bicyclic) bond motifs is 2. The van der Waals surface area contributed by atoms with Gasteiger partial charge in [0.15, 0.2) is 5.79 Å². The van der Waals surface area contributed by atoms with Gasteiger partial charge in [0.1, 0.15) is 5.78 Å². The van der Waals surface area contributed by atoms with Crippen molar-refractivity contribution >= 4 is 11.8 Å². The number of hydrogen-bond donors (Lipinski definition) is 0. The highest BCUT2D eigenvalue weighted by Gasteiger charge is 2.65. The van der Waals surface area contributed by atoms with Gasteiger partial charge in [-0.15, -0.1) is 0 Å². The summed E-state index contributed by atoms with van der Waals surface area (Å²) in [4.78, 5) is 24.9. The number of hydrogen-bond acceptors (Lipinski definition) is 5. The summed E-state index contributed by atoms with van der Waals surface area (Å²) in [6.07, 6.45) is 4.20. The molecule has 0 radical (unpaired) electrons. The van der Waals surface area contributed by atoms with Crippen LogP contribution in [0.15, 0.2) is 0 Å². The van der Waals surface area contributed by atoms with Crippen LogP contribution in [0.2, 0.25) is 0 Å². The Morgan fingerprint density at radius 2 is 1.96 bits per heavy atom. The molecule has 2 aliphatic carbocycles. The van der Waals surface area contributed by atoms with Crippen LogP contribution in [0.4, 0.5) is 0 Å². The SMILES string of the molecule is CCOC(=O)C[C@@]1(C)C(=O)CC[C@]2(C)[C@@H]1CCCC21OCCO1. The Hall–Kier alpha value is -0.940. The van der Waals surface area contributed by atoms with Crippen LogP contribution in [0.3, 0.4) is 0 Å². The largest absolute Gasteiger partial charge is 0.466 e. The van der Waals surface area contributed by atoms with E-state index < -0.39 is 11.2 Å². The van der Waals surface area contributed by atoms with E-state index in [2.05, 4.69) is 6.92 Å². The highest BCUT2D eigenvalue weighted by Crippen LogP contribution is 2.63. The number of ether oxygens (including phenoxy) is 3. The van der Waals surface area contributed by atoms with Gasteiger partial charge in [-0.1, -0.05) is 13.8 Å². The third-order valence-electron chi connectivity index (χ3n) is 6.49. The summed E-state index contributed by atoms with van der Waals surface area (Å²) in [7, 11) is 0. The van der Waals surface area contributed by atoms with Crippen LogP contribution in [0.25, 0.3) is 0 Å². The minimum atomic E-state index is -0.679. The third-order valence-corrected chi connectivity index (χ3v) is 6.49. The molecule has 5 nitrogen and oxygen atoms in total. The van der Waals surface area contributed by atoms with E-state index in [9.17, 15) is 9.59 Å². The van der Waals surface area contributed by atoms with E-state index in [4.69, 9.17) is 14.2 Å². The molecular formula is C18H28O5. The molecule has 0 unspecified atom stereocenters. The van der Waals surface area contributed by atoms with Crippen molar-refractivity contribution in [2.24, 2.45) is 16.7 Å². The van der Waals surface area contributed by atoms with E-state index in [0.717, 1.165) is 25.7 Å². The molecule has 3 rings (SSSR count). The van der Waals surface area contributed by atoms with Crippen LogP contribution in [0, 0.1) is 16.7 Å². The van der Waals surface area contributed by atoms with Crippen LogP contribution >= 0.6 is 0 Å². The standard InChI is InChI=1S/C18H28O5/c1-4-21-15(20)12-16(2)13-6-5-8-18(22-10-11-23-18)17(13,3)9-7-14(16)19/h13H,4-12H2,1-3H3/t13-,16-,17-/m1/s1. The Bertz CT molecular complexity index is 496. The lowest BCUT2D eigenvalue weighted by Crippen LogP contribution is -2.62. The fourth-order valence-electron chi connectivity index (χ4n) is 5.31. The first-order valence-electron chi connectivity index (χ1n) is 8.85. The Kier molecular flexibility index (Phi) is 4.30. The highest BCUT2D eigenvalue weighted by atomic mass is 16.7. The zero-order chi connectivity index (χ0) is 16.7. The Labute approximate surface area is 138 Å². The van der Waals surface area contributed by atoms with Gasteiger partial charge in [0.2, 0.25) is 0 Å². The molecule has 0 aromatic rings. The maximum Gasteiger partial charge on any atom is 0.306 e. The summed E-state index contributed by atoms with van der Waals surface area (Å²) >= 11 is 0. The van der Waals surface area contributed by atoms with E-state index in [1.54, 1.807) is 6.92 Å². The first-order valence-corrected chi connectivity index (χ1v) is 8.85. The van der Waals surface area contributed by atoms with Gasteiger partial charge in [-0.3, -0.25) is 9.59 Å². The lowest BCUT2D eigenvalue weighted by Gasteiger charge is -2.59. The van der Waals surface area contributed by atoms with Gasteiger partial charge in [0, 0.05) is 23.7 Å². The molecule has 1 spiro atoms. The van der Waals surface area contributed by atoms with Crippen LogP contribution in [-0.4, -0.2) is 37.4 Å². The second-order valence-electron chi connectivity index (χ2n) is 7.63. The first-order chi connectivity index (χ1) is 10.9. The Morgan fingerprint density at radius 3 is 2.61 bits per heavy atom. The number of carbonyl (C=O) groups excluding carboxylic acids is 2. The molecule has 2 saturated carbocycles. The number of esters is 1. The van der Waals surface area contributed by atoms with Gasteiger partial charge in [-0.25, -0.2) is 0 Å². The zero-order valence-corrected chi connectivity index (χ0v) is 14.5. The molecule has 1 saturated heterocycles. The van der Waals surface area contributed by atoms with Crippen molar-refractivity contribution in [3.8, 4) is 0 Å². The van der Waals surface area contributed by atoms with Gasteiger partial charge >= 0.3 is 5.97 Å². The third kappa shape index (κ3) is 2.43. The van der Waals surface area contributed by atoms with Gasteiger partial charge in [-0.05, 0) is 32.1 Å². The second kappa shape index (κ2) is 5.85. The summed E-state index contributed by atoms with van der Waals surface area (Å²) in [6.45, 7) is 7.51. The average molecular weight is 324 g/mol. The smallest absolute Gasteiger partial charge is 0.306 e. The van der Waals surface area contributed by atoms with E-state index in [0.29, 0.717) is 26.2 Å². The molecule has 23 heavy (non-hydrogen) atoms. The van der Waals surface area contributed by atoms with Crippen molar-refractivity contribution in [1.82, 2.24) is 0 Å². The molecule has 0 N–H and O–H groups in total.